The van der Waals surface area contributed by atoms with Crippen molar-refractivity contribution in [3.63, 3.8) is 0 Å². The van der Waals surface area contributed by atoms with Crippen LogP contribution in [0.2, 0.25) is 0 Å². The van der Waals surface area contributed by atoms with Crippen LogP contribution in [0.15, 0.2) is 29.2 Å². The number of nitrogens with two attached hydrogens (primary N) is 1. The first-order valence-corrected chi connectivity index (χ1v) is 7.33. The second kappa shape index (κ2) is 8.07. The van der Waals surface area contributed by atoms with Crippen molar-refractivity contribution in [1.29, 1.82) is 0 Å². The minimum atomic E-state index is -0.288. The summed E-state index contributed by atoms with van der Waals surface area (Å²) in [5.74, 6) is 1.41. The van der Waals surface area contributed by atoms with E-state index in [0.717, 1.165) is 22.8 Å². The standard InChI is InChI=1S/C14H22N2O2S/c1-10(2)16-13(14(15)17)8-9-19-12-6-4-11(18-3)5-7-12/h4-7,10,13,16H,8-9H2,1-3H3,(H2,15,17). The highest BCUT2D eigenvalue weighted by Crippen LogP contribution is 2.22. The third-order valence-corrected chi connectivity index (χ3v) is 3.66. The Morgan fingerprint density at radius 3 is 2.47 bits per heavy atom. The average molecular weight is 282 g/mol. The smallest absolute Gasteiger partial charge is 0.234 e. The number of nitrogens with one attached hydrogen (secondary N) is 1. The van der Waals surface area contributed by atoms with Gasteiger partial charge in [-0.3, -0.25) is 4.79 Å². The topological polar surface area (TPSA) is 64.3 Å². The van der Waals surface area contributed by atoms with E-state index in [-0.39, 0.29) is 18.0 Å². The summed E-state index contributed by atoms with van der Waals surface area (Å²) >= 11 is 1.71. The highest BCUT2D eigenvalue weighted by molar-refractivity contribution is 7.99. The molecular weight excluding hydrogens is 260 g/mol. The molecule has 0 saturated carbocycles. The van der Waals surface area contributed by atoms with E-state index in [1.807, 2.05) is 38.1 Å². The van der Waals surface area contributed by atoms with Crippen LogP contribution in [-0.2, 0) is 4.79 Å². The van der Waals surface area contributed by atoms with Gasteiger partial charge in [0, 0.05) is 10.9 Å². The van der Waals surface area contributed by atoms with Gasteiger partial charge >= 0.3 is 0 Å². The van der Waals surface area contributed by atoms with Crippen LogP contribution in [0.3, 0.4) is 0 Å². The number of carbonyl (C=O) groups excluding carboxylic acids is 1. The molecule has 1 amide bonds. The van der Waals surface area contributed by atoms with Crippen LogP contribution in [0, 0.1) is 0 Å². The molecular formula is C14H22N2O2S. The Bertz CT molecular complexity index is 393. The molecule has 1 atom stereocenters. The van der Waals surface area contributed by atoms with Crippen molar-refractivity contribution in [2.24, 2.45) is 5.73 Å². The van der Waals surface area contributed by atoms with Gasteiger partial charge in [-0.1, -0.05) is 13.8 Å². The number of benzene rings is 1. The van der Waals surface area contributed by atoms with Gasteiger partial charge in [0.05, 0.1) is 13.2 Å². The van der Waals surface area contributed by atoms with Crippen LogP contribution in [0.1, 0.15) is 20.3 Å². The van der Waals surface area contributed by atoms with Gasteiger partial charge in [0.25, 0.3) is 0 Å². The van der Waals surface area contributed by atoms with Crippen LogP contribution >= 0.6 is 11.8 Å². The predicted octanol–water partition coefficient (Wildman–Crippen LogP) is 2.03. The Kier molecular flexibility index (Phi) is 6.73. The summed E-state index contributed by atoms with van der Waals surface area (Å²) in [5.41, 5.74) is 5.38. The van der Waals surface area contributed by atoms with E-state index in [4.69, 9.17) is 10.5 Å². The molecule has 0 aliphatic heterocycles. The Morgan fingerprint density at radius 2 is 2.00 bits per heavy atom. The van der Waals surface area contributed by atoms with E-state index in [9.17, 15) is 4.79 Å². The summed E-state index contributed by atoms with van der Waals surface area (Å²) in [7, 11) is 1.65. The predicted molar refractivity (Wildman–Crippen MR) is 79.6 cm³/mol. The van der Waals surface area contributed by atoms with Crippen molar-refractivity contribution >= 4 is 17.7 Å². The first-order chi connectivity index (χ1) is 9.02. The summed E-state index contributed by atoms with van der Waals surface area (Å²) < 4.78 is 5.11. The first kappa shape index (κ1) is 15.9. The van der Waals surface area contributed by atoms with Crippen molar-refractivity contribution in [2.75, 3.05) is 12.9 Å². The number of hydrogen-bond donors (Lipinski definition) is 2. The fourth-order valence-electron chi connectivity index (χ4n) is 1.68. The minimum Gasteiger partial charge on any atom is -0.497 e. The molecule has 4 nitrogen and oxygen atoms in total. The van der Waals surface area contributed by atoms with E-state index in [2.05, 4.69) is 5.32 Å². The Hall–Kier alpha value is -1.20. The van der Waals surface area contributed by atoms with Gasteiger partial charge in [0.2, 0.25) is 5.91 Å². The molecule has 0 heterocycles. The fraction of sp³-hybridized carbons (Fsp3) is 0.500. The first-order valence-electron chi connectivity index (χ1n) is 6.35. The number of rotatable bonds is 8. The third-order valence-electron chi connectivity index (χ3n) is 2.61. The van der Waals surface area contributed by atoms with Crippen LogP contribution < -0.4 is 15.8 Å². The number of ether oxygens (including phenoxy) is 1. The zero-order valence-electron chi connectivity index (χ0n) is 11.7. The lowest BCUT2D eigenvalue weighted by atomic mass is 10.2. The van der Waals surface area contributed by atoms with Gasteiger partial charge in [0.1, 0.15) is 5.75 Å². The maximum atomic E-state index is 11.3. The zero-order valence-corrected chi connectivity index (χ0v) is 12.5. The number of amides is 1. The SMILES string of the molecule is COc1ccc(SCCC(NC(C)C)C(N)=O)cc1. The normalized spacial score (nSPS) is 12.4. The Labute approximate surface area is 119 Å². The van der Waals surface area contributed by atoms with Crippen molar-refractivity contribution in [1.82, 2.24) is 5.32 Å². The minimum absolute atomic E-state index is 0.253. The highest BCUT2D eigenvalue weighted by atomic mass is 32.2. The third kappa shape index (κ3) is 5.98. The zero-order chi connectivity index (χ0) is 14.3. The molecule has 1 aromatic carbocycles. The Balaban J connectivity index is 2.40. The highest BCUT2D eigenvalue weighted by Gasteiger charge is 2.15. The summed E-state index contributed by atoms with van der Waals surface area (Å²) in [6, 6.07) is 7.88. The van der Waals surface area contributed by atoms with Crippen molar-refractivity contribution in [2.45, 2.75) is 37.2 Å². The molecule has 106 valence electrons. The van der Waals surface area contributed by atoms with E-state index in [1.165, 1.54) is 0 Å². The fourth-order valence-corrected chi connectivity index (χ4v) is 2.59. The van der Waals surface area contributed by atoms with Gasteiger partial charge in [-0.2, -0.15) is 0 Å². The van der Waals surface area contributed by atoms with Crippen molar-refractivity contribution < 1.29 is 9.53 Å². The van der Waals surface area contributed by atoms with E-state index < -0.39 is 0 Å². The lowest BCUT2D eigenvalue weighted by Gasteiger charge is -2.17. The summed E-state index contributed by atoms with van der Waals surface area (Å²) in [6.45, 7) is 4.01. The second-order valence-corrected chi connectivity index (χ2v) is 5.76. The molecule has 0 fully saturated rings. The summed E-state index contributed by atoms with van der Waals surface area (Å²) in [6.07, 6.45) is 0.726. The largest absolute Gasteiger partial charge is 0.497 e. The van der Waals surface area contributed by atoms with E-state index >= 15 is 0 Å². The number of primary amides is 1. The molecule has 5 heteroatoms. The van der Waals surface area contributed by atoms with Crippen molar-refractivity contribution in [3.05, 3.63) is 24.3 Å². The molecule has 0 aliphatic rings. The van der Waals surface area contributed by atoms with Gasteiger partial charge in [-0.25, -0.2) is 0 Å². The average Bonchev–Trinajstić information content (AvgIpc) is 2.37. The maximum absolute atomic E-state index is 11.3. The summed E-state index contributed by atoms with van der Waals surface area (Å²) in [4.78, 5) is 12.5. The number of thioether (sulfide) groups is 1. The van der Waals surface area contributed by atoms with Crippen LogP contribution in [0.25, 0.3) is 0 Å². The van der Waals surface area contributed by atoms with E-state index in [1.54, 1.807) is 18.9 Å². The molecule has 0 radical (unpaired) electrons. The number of methoxy groups -OCH3 is 1. The second-order valence-electron chi connectivity index (χ2n) is 4.59. The molecule has 0 aromatic heterocycles. The lowest BCUT2D eigenvalue weighted by molar-refractivity contribution is -0.120. The summed E-state index contributed by atoms with van der Waals surface area (Å²) in [5, 5.41) is 3.18. The molecule has 3 N–H and O–H groups in total. The lowest BCUT2D eigenvalue weighted by Crippen LogP contribution is -2.44. The van der Waals surface area contributed by atoms with Crippen LogP contribution in [0.5, 0.6) is 5.75 Å². The number of carbonyl (C=O) groups is 1. The van der Waals surface area contributed by atoms with E-state index in [0.29, 0.717) is 0 Å². The Morgan fingerprint density at radius 1 is 1.37 bits per heavy atom. The van der Waals surface area contributed by atoms with Gasteiger partial charge in [-0.15, -0.1) is 11.8 Å². The van der Waals surface area contributed by atoms with Crippen LogP contribution in [0.4, 0.5) is 0 Å². The van der Waals surface area contributed by atoms with Gasteiger partial charge < -0.3 is 15.8 Å². The van der Waals surface area contributed by atoms with Gasteiger partial charge in [-0.05, 0) is 36.4 Å². The van der Waals surface area contributed by atoms with Crippen LogP contribution in [-0.4, -0.2) is 30.9 Å². The molecule has 19 heavy (non-hydrogen) atoms. The number of hydrogen-bond acceptors (Lipinski definition) is 4. The molecule has 0 bridgehead atoms. The quantitative estimate of drug-likeness (QED) is 0.716. The molecule has 0 saturated heterocycles. The molecule has 0 spiro atoms. The van der Waals surface area contributed by atoms with Gasteiger partial charge in [0.15, 0.2) is 0 Å². The molecule has 0 aliphatic carbocycles. The molecule has 1 unspecified atom stereocenters. The molecule has 1 rings (SSSR count). The monoisotopic (exact) mass is 282 g/mol. The maximum Gasteiger partial charge on any atom is 0.234 e. The molecule has 1 aromatic rings. The van der Waals surface area contributed by atoms with Crippen molar-refractivity contribution in [3.8, 4) is 5.75 Å².